The molecule has 0 heterocycles. The second-order valence-electron chi connectivity index (χ2n) is 4.80. The highest BCUT2D eigenvalue weighted by Gasteiger charge is 2.20. The lowest BCUT2D eigenvalue weighted by Gasteiger charge is -2.25. The predicted octanol–water partition coefficient (Wildman–Crippen LogP) is 2.34. The molecule has 0 spiro atoms. The minimum atomic E-state index is -0.595. The Balaban J connectivity index is 3.70. The fourth-order valence-electron chi connectivity index (χ4n) is 1.59. The van der Waals surface area contributed by atoms with E-state index in [1.54, 1.807) is 0 Å². The SMILES string of the molecule is C=C(CC)CNCC(C)(O)CC(C)C. The first-order valence-corrected chi connectivity index (χ1v) is 5.47. The van der Waals surface area contributed by atoms with Gasteiger partial charge >= 0.3 is 0 Å². The molecule has 0 aromatic carbocycles. The van der Waals surface area contributed by atoms with Gasteiger partial charge in [0.25, 0.3) is 0 Å². The van der Waals surface area contributed by atoms with Crippen molar-refractivity contribution in [2.45, 2.75) is 46.1 Å². The van der Waals surface area contributed by atoms with Crippen LogP contribution in [0.4, 0.5) is 0 Å². The molecule has 0 saturated heterocycles. The summed E-state index contributed by atoms with van der Waals surface area (Å²) in [5, 5.41) is 13.2. The highest BCUT2D eigenvalue weighted by molar-refractivity contribution is 4.95. The smallest absolute Gasteiger partial charge is 0.0746 e. The quantitative estimate of drug-likeness (QED) is 0.617. The van der Waals surface area contributed by atoms with E-state index in [0.29, 0.717) is 12.5 Å². The van der Waals surface area contributed by atoms with Gasteiger partial charge in [-0.3, -0.25) is 0 Å². The van der Waals surface area contributed by atoms with Gasteiger partial charge in [-0.05, 0) is 25.7 Å². The van der Waals surface area contributed by atoms with Crippen LogP contribution >= 0.6 is 0 Å². The summed E-state index contributed by atoms with van der Waals surface area (Å²) in [5.74, 6) is 0.529. The topological polar surface area (TPSA) is 32.3 Å². The van der Waals surface area contributed by atoms with Gasteiger partial charge in [0.15, 0.2) is 0 Å². The second kappa shape index (κ2) is 6.20. The Morgan fingerprint density at radius 2 is 2.07 bits per heavy atom. The molecule has 0 radical (unpaired) electrons. The fourth-order valence-corrected chi connectivity index (χ4v) is 1.59. The van der Waals surface area contributed by atoms with Crippen molar-refractivity contribution in [1.82, 2.24) is 5.32 Å². The van der Waals surface area contributed by atoms with Crippen LogP contribution in [0.15, 0.2) is 12.2 Å². The minimum Gasteiger partial charge on any atom is -0.389 e. The van der Waals surface area contributed by atoms with E-state index in [1.807, 2.05) is 6.92 Å². The van der Waals surface area contributed by atoms with Crippen molar-refractivity contribution in [2.75, 3.05) is 13.1 Å². The minimum absolute atomic E-state index is 0.529. The summed E-state index contributed by atoms with van der Waals surface area (Å²) in [6, 6.07) is 0. The lowest BCUT2D eigenvalue weighted by molar-refractivity contribution is 0.0394. The van der Waals surface area contributed by atoms with E-state index in [9.17, 15) is 5.11 Å². The molecule has 0 aromatic rings. The zero-order valence-corrected chi connectivity index (χ0v) is 10.1. The summed E-state index contributed by atoms with van der Waals surface area (Å²) in [6.07, 6.45) is 1.83. The zero-order valence-electron chi connectivity index (χ0n) is 10.1. The molecule has 1 unspecified atom stereocenters. The molecule has 0 aliphatic carbocycles. The maximum atomic E-state index is 9.98. The van der Waals surface area contributed by atoms with Crippen LogP contribution in [0.1, 0.15) is 40.5 Å². The predicted molar refractivity (Wildman–Crippen MR) is 62.4 cm³/mol. The van der Waals surface area contributed by atoms with Crippen LogP contribution < -0.4 is 5.32 Å². The third-order valence-corrected chi connectivity index (χ3v) is 2.23. The number of rotatable bonds is 7. The van der Waals surface area contributed by atoms with Crippen molar-refractivity contribution in [2.24, 2.45) is 5.92 Å². The van der Waals surface area contributed by atoms with Crippen molar-refractivity contribution < 1.29 is 5.11 Å². The largest absolute Gasteiger partial charge is 0.389 e. The Labute approximate surface area is 88.4 Å². The molecular formula is C12H25NO. The molecule has 0 fully saturated rings. The van der Waals surface area contributed by atoms with Crippen LogP contribution in [0.5, 0.6) is 0 Å². The Morgan fingerprint density at radius 3 is 2.50 bits per heavy atom. The Bertz CT molecular complexity index is 173. The van der Waals surface area contributed by atoms with Gasteiger partial charge < -0.3 is 10.4 Å². The zero-order chi connectivity index (χ0) is 11.2. The van der Waals surface area contributed by atoms with Gasteiger partial charge in [-0.15, -0.1) is 0 Å². The summed E-state index contributed by atoms with van der Waals surface area (Å²) in [6.45, 7) is 13.6. The average Bonchev–Trinajstić information content (AvgIpc) is 2.01. The van der Waals surface area contributed by atoms with Crippen LogP contribution in [0.25, 0.3) is 0 Å². The van der Waals surface area contributed by atoms with Gasteiger partial charge in [-0.2, -0.15) is 0 Å². The molecule has 84 valence electrons. The highest BCUT2D eigenvalue weighted by Crippen LogP contribution is 2.15. The summed E-state index contributed by atoms with van der Waals surface area (Å²) in [7, 11) is 0. The van der Waals surface area contributed by atoms with Gasteiger partial charge in [0.2, 0.25) is 0 Å². The van der Waals surface area contributed by atoms with E-state index in [0.717, 1.165) is 19.4 Å². The van der Waals surface area contributed by atoms with Crippen LogP contribution in [-0.2, 0) is 0 Å². The average molecular weight is 199 g/mol. The van der Waals surface area contributed by atoms with Crippen molar-refractivity contribution in [3.8, 4) is 0 Å². The number of hydrogen-bond acceptors (Lipinski definition) is 2. The van der Waals surface area contributed by atoms with Gasteiger partial charge in [0, 0.05) is 13.1 Å². The normalized spacial score (nSPS) is 15.6. The van der Waals surface area contributed by atoms with E-state index in [-0.39, 0.29) is 0 Å². The van der Waals surface area contributed by atoms with Gasteiger partial charge in [-0.25, -0.2) is 0 Å². The third-order valence-electron chi connectivity index (χ3n) is 2.23. The molecule has 2 heteroatoms. The van der Waals surface area contributed by atoms with Crippen LogP contribution in [0.2, 0.25) is 0 Å². The fraction of sp³-hybridized carbons (Fsp3) is 0.833. The molecule has 0 aromatic heterocycles. The molecule has 2 nitrogen and oxygen atoms in total. The van der Waals surface area contributed by atoms with Gasteiger partial charge in [0.05, 0.1) is 5.60 Å². The van der Waals surface area contributed by atoms with Crippen LogP contribution in [0, 0.1) is 5.92 Å². The molecule has 0 saturated carbocycles. The second-order valence-corrected chi connectivity index (χ2v) is 4.80. The van der Waals surface area contributed by atoms with Gasteiger partial charge in [0.1, 0.15) is 0 Å². The van der Waals surface area contributed by atoms with E-state index < -0.39 is 5.60 Å². The maximum absolute atomic E-state index is 9.98. The molecule has 0 rings (SSSR count). The monoisotopic (exact) mass is 199 g/mol. The Morgan fingerprint density at radius 1 is 1.50 bits per heavy atom. The lowest BCUT2D eigenvalue weighted by atomic mass is 9.94. The summed E-state index contributed by atoms with van der Waals surface area (Å²) in [4.78, 5) is 0. The molecule has 14 heavy (non-hydrogen) atoms. The van der Waals surface area contributed by atoms with Gasteiger partial charge in [-0.1, -0.05) is 32.9 Å². The summed E-state index contributed by atoms with van der Waals surface area (Å²) >= 11 is 0. The molecule has 1 atom stereocenters. The van der Waals surface area contributed by atoms with Crippen molar-refractivity contribution in [3.63, 3.8) is 0 Å². The number of hydrogen-bond donors (Lipinski definition) is 2. The lowest BCUT2D eigenvalue weighted by Crippen LogP contribution is -2.39. The van der Waals surface area contributed by atoms with Crippen LogP contribution in [-0.4, -0.2) is 23.8 Å². The first kappa shape index (κ1) is 13.7. The van der Waals surface area contributed by atoms with E-state index >= 15 is 0 Å². The van der Waals surface area contributed by atoms with Crippen LogP contribution in [0.3, 0.4) is 0 Å². The van der Waals surface area contributed by atoms with Crippen molar-refractivity contribution in [1.29, 1.82) is 0 Å². The maximum Gasteiger partial charge on any atom is 0.0746 e. The molecular weight excluding hydrogens is 174 g/mol. The Hall–Kier alpha value is -0.340. The molecule has 0 bridgehead atoms. The molecule has 0 aliphatic rings. The van der Waals surface area contributed by atoms with Crippen molar-refractivity contribution >= 4 is 0 Å². The third kappa shape index (κ3) is 7.10. The number of aliphatic hydroxyl groups is 1. The first-order valence-electron chi connectivity index (χ1n) is 5.47. The van der Waals surface area contributed by atoms with E-state index in [1.165, 1.54) is 5.57 Å². The Kier molecular flexibility index (Phi) is 6.05. The molecule has 0 amide bonds. The molecule has 2 N–H and O–H groups in total. The summed E-state index contributed by atoms with van der Waals surface area (Å²) in [5.41, 5.74) is 0.590. The van der Waals surface area contributed by atoms with Crippen molar-refractivity contribution in [3.05, 3.63) is 12.2 Å². The highest BCUT2D eigenvalue weighted by atomic mass is 16.3. The first-order chi connectivity index (χ1) is 6.37. The van der Waals surface area contributed by atoms with E-state index in [4.69, 9.17) is 0 Å². The van der Waals surface area contributed by atoms with E-state index in [2.05, 4.69) is 32.7 Å². The molecule has 0 aliphatic heterocycles. The standard InChI is InChI=1S/C12H25NO/c1-6-11(4)8-13-9-12(5,14)7-10(2)3/h10,13-14H,4,6-9H2,1-3,5H3. The summed E-state index contributed by atoms with van der Waals surface area (Å²) < 4.78 is 0. The number of nitrogens with one attached hydrogen (secondary N) is 1.